The van der Waals surface area contributed by atoms with Gasteiger partial charge in [0.2, 0.25) is 0 Å². The van der Waals surface area contributed by atoms with E-state index in [0.29, 0.717) is 0 Å². The monoisotopic (exact) mass is 129 g/mol. The van der Waals surface area contributed by atoms with Crippen molar-refractivity contribution in [3.63, 3.8) is 0 Å². The summed E-state index contributed by atoms with van der Waals surface area (Å²) in [6.45, 7) is 2.59. The molecule has 2 saturated heterocycles. The Hall–Kier alpha value is 0.310. The highest BCUT2D eigenvalue weighted by Crippen LogP contribution is 2.32. The smallest absolute Gasteiger partial charge is 0.000499 e. The second-order valence-corrected chi connectivity index (χ2v) is 3.79. The molecule has 1 N–H and O–H groups in total. The van der Waals surface area contributed by atoms with E-state index in [9.17, 15) is 0 Å². The molecule has 0 radical (unpaired) electrons. The largest absolute Gasteiger partial charge is 0.316 e. The highest BCUT2D eigenvalue weighted by Gasteiger charge is 2.31. The second kappa shape index (κ2) is 1.92. The van der Waals surface area contributed by atoms with Crippen LogP contribution in [-0.2, 0) is 0 Å². The molecule has 0 atom stereocenters. The van der Waals surface area contributed by atoms with Gasteiger partial charge in [-0.1, -0.05) is 0 Å². The van der Waals surface area contributed by atoms with Crippen LogP contribution < -0.4 is 5.32 Å². The molecule has 0 aromatic rings. The van der Waals surface area contributed by atoms with Crippen molar-refractivity contribution in [1.29, 1.82) is 0 Å². The molecule has 0 bridgehead atoms. The fourth-order valence-electron chi connectivity index (χ4n) is 1.17. The summed E-state index contributed by atoms with van der Waals surface area (Å²) in [6, 6.07) is 0. The second-order valence-electron chi connectivity index (χ2n) is 2.72. The number of hydrogen-bond acceptors (Lipinski definition) is 2. The van der Waals surface area contributed by atoms with E-state index in [1.807, 2.05) is 0 Å². The van der Waals surface area contributed by atoms with Crippen LogP contribution in [0.5, 0.6) is 0 Å². The van der Waals surface area contributed by atoms with Crippen molar-refractivity contribution in [3.8, 4) is 0 Å². The highest BCUT2D eigenvalue weighted by atomic mass is 32.2. The molecule has 0 aromatic heterocycles. The molecular weight excluding hydrogens is 118 g/mol. The lowest BCUT2D eigenvalue weighted by Crippen LogP contribution is -2.49. The molecule has 0 unspecified atom stereocenters. The van der Waals surface area contributed by atoms with E-state index in [0.717, 1.165) is 11.8 Å². The first kappa shape index (κ1) is 5.12. The van der Waals surface area contributed by atoms with Gasteiger partial charge >= 0.3 is 0 Å². The van der Waals surface area contributed by atoms with Crippen molar-refractivity contribution in [2.45, 2.75) is 0 Å². The number of thioether (sulfide) groups is 1. The Kier molecular flexibility index (Phi) is 1.23. The van der Waals surface area contributed by atoms with Gasteiger partial charge in [0.25, 0.3) is 0 Å². The minimum atomic E-state index is 1.05. The lowest BCUT2D eigenvalue weighted by Gasteiger charge is -2.39. The van der Waals surface area contributed by atoms with Crippen molar-refractivity contribution in [3.05, 3.63) is 0 Å². The topological polar surface area (TPSA) is 12.0 Å². The van der Waals surface area contributed by atoms with Gasteiger partial charge < -0.3 is 5.32 Å². The highest BCUT2D eigenvalue weighted by molar-refractivity contribution is 8.00. The molecular formula is C6H11NS. The predicted octanol–water partition coefficient (Wildman–Crippen LogP) is 0.569. The fraction of sp³-hybridized carbons (Fsp3) is 1.00. The van der Waals surface area contributed by atoms with E-state index in [1.54, 1.807) is 0 Å². The Morgan fingerprint density at radius 1 is 1.12 bits per heavy atom. The van der Waals surface area contributed by atoms with Crippen molar-refractivity contribution < 1.29 is 0 Å². The van der Waals surface area contributed by atoms with Gasteiger partial charge in [0.05, 0.1) is 0 Å². The van der Waals surface area contributed by atoms with E-state index < -0.39 is 0 Å². The molecule has 0 aromatic carbocycles. The number of nitrogens with one attached hydrogen (secondary N) is 1. The Labute approximate surface area is 54.2 Å². The van der Waals surface area contributed by atoms with Crippen molar-refractivity contribution in [2.24, 2.45) is 11.8 Å². The minimum Gasteiger partial charge on any atom is -0.316 e. The first-order valence-electron chi connectivity index (χ1n) is 3.25. The minimum absolute atomic E-state index is 1.05. The Bertz CT molecular complexity index is 74.5. The van der Waals surface area contributed by atoms with Gasteiger partial charge in [-0.2, -0.15) is 11.8 Å². The third kappa shape index (κ3) is 0.669. The first-order chi connectivity index (χ1) is 3.97. The lowest BCUT2D eigenvalue weighted by atomic mass is 9.90. The maximum Gasteiger partial charge on any atom is -0.000499 e. The maximum absolute atomic E-state index is 3.30. The molecule has 2 aliphatic rings. The standard InChI is InChI=1S/C6H11NS/c1-5(2-7-1)6-3-8-4-6/h5-7H,1-4H2. The van der Waals surface area contributed by atoms with Gasteiger partial charge in [-0.3, -0.25) is 0 Å². The summed E-state index contributed by atoms with van der Waals surface area (Å²) in [7, 11) is 0. The van der Waals surface area contributed by atoms with Crippen LogP contribution in [0.2, 0.25) is 0 Å². The quantitative estimate of drug-likeness (QED) is 0.555. The Morgan fingerprint density at radius 3 is 2.00 bits per heavy atom. The average molecular weight is 129 g/mol. The van der Waals surface area contributed by atoms with Crippen LogP contribution in [0.1, 0.15) is 0 Å². The molecule has 2 aliphatic heterocycles. The fourth-order valence-corrected chi connectivity index (χ4v) is 2.22. The number of rotatable bonds is 1. The van der Waals surface area contributed by atoms with Crippen LogP contribution >= 0.6 is 11.8 Å². The van der Waals surface area contributed by atoms with Crippen molar-refractivity contribution in [2.75, 3.05) is 24.6 Å². The Balaban J connectivity index is 1.79. The normalized spacial score (nSPS) is 31.5. The molecule has 0 saturated carbocycles. The van der Waals surface area contributed by atoms with Crippen LogP contribution in [0.3, 0.4) is 0 Å². The van der Waals surface area contributed by atoms with Crippen LogP contribution in [-0.4, -0.2) is 24.6 Å². The van der Waals surface area contributed by atoms with Crippen molar-refractivity contribution in [1.82, 2.24) is 5.32 Å². The zero-order valence-electron chi connectivity index (χ0n) is 4.89. The summed E-state index contributed by atoms with van der Waals surface area (Å²) >= 11 is 2.09. The van der Waals surface area contributed by atoms with Crippen molar-refractivity contribution >= 4 is 11.8 Å². The van der Waals surface area contributed by atoms with E-state index in [1.165, 1.54) is 24.6 Å². The summed E-state index contributed by atoms with van der Waals surface area (Å²) in [5.41, 5.74) is 0. The third-order valence-corrected chi connectivity index (χ3v) is 3.47. The van der Waals surface area contributed by atoms with Gasteiger partial charge in [0.1, 0.15) is 0 Å². The van der Waals surface area contributed by atoms with E-state index in [2.05, 4.69) is 17.1 Å². The van der Waals surface area contributed by atoms with Crippen LogP contribution in [0.15, 0.2) is 0 Å². The molecule has 2 fully saturated rings. The first-order valence-corrected chi connectivity index (χ1v) is 4.41. The molecule has 0 spiro atoms. The molecule has 46 valence electrons. The molecule has 2 heteroatoms. The van der Waals surface area contributed by atoms with Gasteiger partial charge in [-0.15, -0.1) is 0 Å². The maximum atomic E-state index is 3.30. The Morgan fingerprint density at radius 2 is 1.88 bits per heavy atom. The summed E-state index contributed by atoms with van der Waals surface area (Å²) in [5, 5.41) is 3.30. The van der Waals surface area contributed by atoms with Gasteiger partial charge in [-0.05, 0) is 36.4 Å². The lowest BCUT2D eigenvalue weighted by molar-refractivity contribution is 0.263. The van der Waals surface area contributed by atoms with Crippen LogP contribution in [0.25, 0.3) is 0 Å². The third-order valence-electron chi connectivity index (χ3n) is 2.14. The van der Waals surface area contributed by atoms with E-state index in [4.69, 9.17) is 0 Å². The summed E-state index contributed by atoms with van der Waals surface area (Å²) in [5.74, 6) is 5.01. The predicted molar refractivity (Wildman–Crippen MR) is 37.2 cm³/mol. The summed E-state index contributed by atoms with van der Waals surface area (Å²) in [4.78, 5) is 0. The molecule has 8 heavy (non-hydrogen) atoms. The van der Waals surface area contributed by atoms with E-state index in [-0.39, 0.29) is 0 Å². The molecule has 2 heterocycles. The molecule has 1 nitrogen and oxygen atoms in total. The van der Waals surface area contributed by atoms with Gasteiger partial charge in [0, 0.05) is 0 Å². The average Bonchev–Trinajstić information content (AvgIpc) is 1.47. The van der Waals surface area contributed by atoms with Crippen LogP contribution in [0.4, 0.5) is 0 Å². The SMILES string of the molecule is C1NCC1C1CSC1. The summed E-state index contributed by atoms with van der Waals surface area (Å²) in [6.07, 6.45) is 0. The van der Waals surface area contributed by atoms with E-state index >= 15 is 0 Å². The molecule has 2 rings (SSSR count). The zero-order valence-corrected chi connectivity index (χ0v) is 5.71. The molecule has 0 aliphatic carbocycles. The van der Waals surface area contributed by atoms with Gasteiger partial charge in [-0.25, -0.2) is 0 Å². The van der Waals surface area contributed by atoms with Gasteiger partial charge in [0.15, 0.2) is 0 Å². The van der Waals surface area contributed by atoms with Crippen LogP contribution in [0, 0.1) is 11.8 Å². The zero-order chi connectivity index (χ0) is 5.40. The number of hydrogen-bond donors (Lipinski definition) is 1. The molecule has 0 amide bonds. The summed E-state index contributed by atoms with van der Waals surface area (Å²) < 4.78 is 0.